The lowest BCUT2D eigenvalue weighted by Gasteiger charge is -2.28. The highest BCUT2D eigenvalue weighted by molar-refractivity contribution is 5.48. The average molecular weight is 246 g/mol. The van der Waals surface area contributed by atoms with Crippen LogP contribution in [0.15, 0.2) is 18.2 Å². The Morgan fingerprint density at radius 1 is 1.00 bits per heavy atom. The van der Waals surface area contributed by atoms with E-state index in [9.17, 15) is 0 Å². The van der Waals surface area contributed by atoms with Gasteiger partial charge in [0.1, 0.15) is 0 Å². The van der Waals surface area contributed by atoms with E-state index in [0.717, 1.165) is 18.5 Å². The highest BCUT2D eigenvalue weighted by Gasteiger charge is 2.19. The number of hydrogen-bond donors (Lipinski definition) is 2. The third-order valence-corrected chi connectivity index (χ3v) is 4.07. The van der Waals surface area contributed by atoms with E-state index < -0.39 is 0 Å². The minimum atomic E-state index is 0.752. The first kappa shape index (κ1) is 13.4. The van der Waals surface area contributed by atoms with Gasteiger partial charge in [0.05, 0.1) is 0 Å². The average Bonchev–Trinajstić information content (AvgIpc) is 2.36. The lowest BCUT2D eigenvalue weighted by molar-refractivity contribution is 0.312. The van der Waals surface area contributed by atoms with Crippen LogP contribution in [-0.2, 0) is 0 Å². The summed E-state index contributed by atoms with van der Waals surface area (Å²) in [6.45, 7) is 5.45. The van der Waals surface area contributed by atoms with Gasteiger partial charge in [0, 0.05) is 18.3 Å². The summed E-state index contributed by atoms with van der Waals surface area (Å²) in [5.41, 5.74) is 3.97. The third-order valence-electron chi connectivity index (χ3n) is 4.07. The monoisotopic (exact) mass is 246 g/mol. The van der Waals surface area contributed by atoms with Gasteiger partial charge < -0.3 is 10.6 Å². The molecule has 0 amide bonds. The van der Waals surface area contributed by atoms with Gasteiger partial charge in [-0.2, -0.15) is 0 Å². The number of nitrogens with one attached hydrogen (secondary N) is 2. The minimum Gasteiger partial charge on any atom is -0.385 e. The first-order valence-electron chi connectivity index (χ1n) is 7.17. The number of anilines is 1. The van der Waals surface area contributed by atoms with Crippen molar-refractivity contribution < 1.29 is 0 Å². The van der Waals surface area contributed by atoms with Crippen LogP contribution < -0.4 is 10.6 Å². The first-order valence-corrected chi connectivity index (χ1v) is 7.17. The molecular formula is C16H26N2. The summed E-state index contributed by atoms with van der Waals surface area (Å²) >= 11 is 0. The van der Waals surface area contributed by atoms with E-state index in [0.29, 0.717) is 0 Å². The largest absolute Gasteiger partial charge is 0.385 e. The second kappa shape index (κ2) is 6.24. The van der Waals surface area contributed by atoms with Crippen LogP contribution in [0.3, 0.4) is 0 Å². The molecule has 2 heteroatoms. The number of hydrogen-bond acceptors (Lipinski definition) is 2. The molecule has 1 aromatic rings. The smallest absolute Gasteiger partial charge is 0.0345 e. The molecule has 0 unspecified atom stereocenters. The van der Waals surface area contributed by atoms with Gasteiger partial charge in [0.2, 0.25) is 0 Å². The number of benzene rings is 1. The summed E-state index contributed by atoms with van der Waals surface area (Å²) in [6.07, 6.45) is 5.36. The highest BCUT2D eigenvalue weighted by atomic mass is 14.9. The summed E-state index contributed by atoms with van der Waals surface area (Å²) in [7, 11) is 2.08. The second-order valence-electron chi connectivity index (χ2n) is 5.76. The molecule has 2 rings (SSSR count). The van der Waals surface area contributed by atoms with Crippen LogP contribution in [-0.4, -0.2) is 19.6 Å². The summed E-state index contributed by atoms with van der Waals surface area (Å²) in [6, 6.07) is 7.46. The molecule has 0 spiro atoms. The zero-order valence-electron chi connectivity index (χ0n) is 11.9. The van der Waals surface area contributed by atoms with Crippen LogP contribution in [0.4, 0.5) is 5.69 Å². The number of rotatable bonds is 4. The van der Waals surface area contributed by atoms with Gasteiger partial charge in [-0.05, 0) is 75.8 Å². The minimum absolute atomic E-state index is 0.752. The topological polar surface area (TPSA) is 24.1 Å². The molecule has 0 aromatic heterocycles. The molecule has 100 valence electrons. The molecule has 1 aromatic carbocycles. The quantitative estimate of drug-likeness (QED) is 0.849. The molecule has 0 bridgehead atoms. The molecule has 0 heterocycles. The van der Waals surface area contributed by atoms with E-state index in [1.807, 2.05) is 0 Å². The van der Waals surface area contributed by atoms with Crippen molar-refractivity contribution >= 4 is 5.69 Å². The van der Waals surface area contributed by atoms with Crippen molar-refractivity contribution in [1.29, 1.82) is 0 Å². The van der Waals surface area contributed by atoms with Crippen molar-refractivity contribution in [2.24, 2.45) is 5.92 Å². The Kier molecular flexibility index (Phi) is 4.65. The van der Waals surface area contributed by atoms with Crippen LogP contribution in [0.25, 0.3) is 0 Å². The van der Waals surface area contributed by atoms with Crippen LogP contribution in [0.5, 0.6) is 0 Å². The predicted octanol–water partition coefficient (Wildman–Crippen LogP) is 3.49. The third kappa shape index (κ3) is 3.74. The van der Waals surface area contributed by atoms with Crippen LogP contribution >= 0.6 is 0 Å². The van der Waals surface area contributed by atoms with Crippen molar-refractivity contribution in [1.82, 2.24) is 5.32 Å². The summed E-state index contributed by atoms with van der Waals surface area (Å²) in [5, 5.41) is 7.00. The molecular weight excluding hydrogens is 220 g/mol. The Hall–Kier alpha value is -1.02. The number of aryl methyl sites for hydroxylation is 2. The van der Waals surface area contributed by atoms with Crippen molar-refractivity contribution in [2.45, 2.75) is 45.6 Å². The maximum absolute atomic E-state index is 3.61. The van der Waals surface area contributed by atoms with E-state index >= 15 is 0 Å². The second-order valence-corrected chi connectivity index (χ2v) is 5.76. The molecule has 0 saturated heterocycles. The Labute approximate surface area is 111 Å². The molecule has 1 aliphatic rings. The fourth-order valence-electron chi connectivity index (χ4n) is 2.99. The van der Waals surface area contributed by atoms with Crippen molar-refractivity contribution in [3.05, 3.63) is 29.3 Å². The SMILES string of the molecule is CNC1CCC(CNc2cc(C)cc(C)c2)CC1. The fourth-order valence-corrected chi connectivity index (χ4v) is 2.99. The molecule has 0 aliphatic heterocycles. The zero-order chi connectivity index (χ0) is 13.0. The Morgan fingerprint density at radius 2 is 1.61 bits per heavy atom. The molecule has 0 radical (unpaired) electrons. The van der Waals surface area contributed by atoms with E-state index in [2.05, 4.69) is 49.7 Å². The van der Waals surface area contributed by atoms with Gasteiger partial charge in [0.25, 0.3) is 0 Å². The molecule has 2 nitrogen and oxygen atoms in total. The van der Waals surface area contributed by atoms with E-state index in [-0.39, 0.29) is 0 Å². The van der Waals surface area contributed by atoms with Crippen molar-refractivity contribution in [3.63, 3.8) is 0 Å². The maximum Gasteiger partial charge on any atom is 0.0345 e. The van der Waals surface area contributed by atoms with Gasteiger partial charge in [-0.15, -0.1) is 0 Å². The van der Waals surface area contributed by atoms with Gasteiger partial charge in [-0.25, -0.2) is 0 Å². The van der Waals surface area contributed by atoms with E-state index in [1.54, 1.807) is 0 Å². The fraction of sp³-hybridized carbons (Fsp3) is 0.625. The Balaban J connectivity index is 1.81. The standard InChI is InChI=1S/C16H26N2/c1-12-8-13(2)10-16(9-12)18-11-14-4-6-15(17-3)7-5-14/h8-10,14-15,17-18H,4-7,11H2,1-3H3. The molecule has 1 aliphatic carbocycles. The van der Waals surface area contributed by atoms with Crippen LogP contribution in [0.2, 0.25) is 0 Å². The molecule has 18 heavy (non-hydrogen) atoms. The lowest BCUT2D eigenvalue weighted by Crippen LogP contribution is -2.32. The Bertz CT molecular complexity index is 358. The summed E-state index contributed by atoms with van der Waals surface area (Å²) in [5.74, 6) is 0.843. The van der Waals surface area contributed by atoms with Crippen molar-refractivity contribution in [2.75, 3.05) is 18.9 Å². The molecule has 2 N–H and O–H groups in total. The summed E-state index contributed by atoms with van der Waals surface area (Å²) in [4.78, 5) is 0. The molecule has 1 saturated carbocycles. The highest BCUT2D eigenvalue weighted by Crippen LogP contribution is 2.24. The van der Waals surface area contributed by atoms with E-state index in [4.69, 9.17) is 0 Å². The zero-order valence-corrected chi connectivity index (χ0v) is 11.9. The molecule has 0 atom stereocenters. The van der Waals surface area contributed by atoms with Gasteiger partial charge in [-0.3, -0.25) is 0 Å². The van der Waals surface area contributed by atoms with Crippen LogP contribution in [0, 0.1) is 19.8 Å². The van der Waals surface area contributed by atoms with Gasteiger partial charge in [-0.1, -0.05) is 6.07 Å². The summed E-state index contributed by atoms with van der Waals surface area (Å²) < 4.78 is 0. The Morgan fingerprint density at radius 3 is 2.17 bits per heavy atom. The van der Waals surface area contributed by atoms with Gasteiger partial charge >= 0.3 is 0 Å². The van der Waals surface area contributed by atoms with Gasteiger partial charge in [0.15, 0.2) is 0 Å². The predicted molar refractivity (Wildman–Crippen MR) is 79.2 cm³/mol. The van der Waals surface area contributed by atoms with Crippen molar-refractivity contribution in [3.8, 4) is 0 Å². The first-order chi connectivity index (χ1) is 8.67. The lowest BCUT2D eigenvalue weighted by atomic mass is 9.86. The molecule has 1 fully saturated rings. The maximum atomic E-state index is 3.61. The van der Waals surface area contributed by atoms with E-state index in [1.165, 1.54) is 42.5 Å². The van der Waals surface area contributed by atoms with Crippen LogP contribution in [0.1, 0.15) is 36.8 Å². The normalized spacial score (nSPS) is 23.9.